The van der Waals surface area contributed by atoms with Crippen LogP contribution in [0.5, 0.6) is 0 Å². The van der Waals surface area contributed by atoms with E-state index in [4.69, 9.17) is 0 Å². The van der Waals surface area contributed by atoms with Gasteiger partial charge in [-0.15, -0.1) is 0 Å². The number of nitrogens with one attached hydrogen (secondary N) is 2. The number of rotatable bonds is 6. The van der Waals surface area contributed by atoms with Gasteiger partial charge in [0.1, 0.15) is 5.69 Å². The van der Waals surface area contributed by atoms with Gasteiger partial charge in [0.15, 0.2) is 0 Å². The van der Waals surface area contributed by atoms with Gasteiger partial charge in [0.25, 0.3) is 0 Å². The molecule has 9 heteroatoms. The van der Waals surface area contributed by atoms with Crippen LogP contribution in [0.25, 0.3) is 0 Å². The Morgan fingerprint density at radius 3 is 2.71 bits per heavy atom. The van der Waals surface area contributed by atoms with Crippen LogP contribution < -0.4 is 15.5 Å². The van der Waals surface area contributed by atoms with Crippen LogP contribution in [0.15, 0.2) is 12.3 Å². The van der Waals surface area contributed by atoms with Gasteiger partial charge < -0.3 is 15.5 Å². The number of nitrogens with zero attached hydrogens (tertiary/aromatic N) is 3. The third-order valence-electron chi connectivity index (χ3n) is 5.77. The lowest BCUT2D eigenvalue weighted by atomic mass is 9.97. The Morgan fingerprint density at radius 2 is 2.07 bits per heavy atom. The third-order valence-corrected chi connectivity index (χ3v) is 5.77. The molecule has 6 nitrogen and oxygen atoms in total. The zero-order chi connectivity index (χ0) is 20.5. The van der Waals surface area contributed by atoms with E-state index in [1.165, 1.54) is 0 Å². The number of anilines is 1. The van der Waals surface area contributed by atoms with Crippen LogP contribution >= 0.6 is 0 Å². The number of aromatic nitrogens is 2. The monoisotopic (exact) mass is 399 g/mol. The van der Waals surface area contributed by atoms with E-state index in [0.717, 1.165) is 31.5 Å². The first kappa shape index (κ1) is 20.8. The molecule has 156 valence electrons. The summed E-state index contributed by atoms with van der Waals surface area (Å²) in [6.45, 7) is 5.34. The summed E-state index contributed by atoms with van der Waals surface area (Å²) >= 11 is 0. The molecule has 0 radical (unpaired) electrons. The Bertz CT molecular complexity index is 696. The quantitative estimate of drug-likeness (QED) is 0.769. The maximum Gasteiger partial charge on any atom is 0.433 e. The molecular weight excluding hydrogens is 371 g/mol. The van der Waals surface area contributed by atoms with E-state index >= 15 is 0 Å². The molecule has 4 atom stereocenters. The molecule has 1 amide bonds. The second-order valence-electron chi connectivity index (χ2n) is 8.23. The fraction of sp³-hybridized carbons (Fsp3) is 0.737. The molecule has 3 rings (SSSR count). The lowest BCUT2D eigenvalue weighted by Crippen LogP contribution is -2.49. The van der Waals surface area contributed by atoms with E-state index in [-0.39, 0.29) is 29.9 Å². The van der Waals surface area contributed by atoms with Crippen molar-refractivity contribution in [3.8, 4) is 0 Å². The lowest BCUT2D eigenvalue weighted by molar-refractivity contribution is -0.141. The molecule has 1 aliphatic carbocycles. The zero-order valence-electron chi connectivity index (χ0n) is 16.5. The van der Waals surface area contributed by atoms with Crippen molar-refractivity contribution in [2.75, 3.05) is 25.0 Å². The Balaban J connectivity index is 1.65. The summed E-state index contributed by atoms with van der Waals surface area (Å²) < 4.78 is 38.8. The van der Waals surface area contributed by atoms with Gasteiger partial charge in [-0.2, -0.15) is 13.2 Å². The highest BCUT2D eigenvalue weighted by molar-refractivity contribution is 5.82. The molecule has 2 heterocycles. The van der Waals surface area contributed by atoms with Crippen LogP contribution in [0.3, 0.4) is 0 Å². The Labute approximate surface area is 163 Å². The average Bonchev–Trinajstić information content (AvgIpc) is 3.21. The molecule has 2 fully saturated rings. The highest BCUT2D eigenvalue weighted by atomic mass is 19.4. The van der Waals surface area contributed by atoms with Crippen LogP contribution in [0.2, 0.25) is 0 Å². The second kappa shape index (κ2) is 8.23. The molecule has 1 saturated carbocycles. The van der Waals surface area contributed by atoms with E-state index in [1.807, 2.05) is 4.90 Å². The smallest absolute Gasteiger partial charge is 0.352 e. The number of carbonyl (C=O) groups excluding carboxylic acids is 1. The summed E-state index contributed by atoms with van der Waals surface area (Å²) in [6, 6.07) is 0.690. The van der Waals surface area contributed by atoms with Crippen LogP contribution in [-0.4, -0.2) is 48.1 Å². The number of halogens is 3. The number of hydrogen-bond donors (Lipinski definition) is 2. The Kier molecular flexibility index (Phi) is 6.12. The van der Waals surface area contributed by atoms with Gasteiger partial charge in [0, 0.05) is 31.2 Å². The highest BCUT2D eigenvalue weighted by Gasteiger charge is 2.44. The topological polar surface area (TPSA) is 70.2 Å². The van der Waals surface area contributed by atoms with Crippen LogP contribution in [0.1, 0.15) is 38.8 Å². The fourth-order valence-corrected chi connectivity index (χ4v) is 4.38. The third kappa shape index (κ3) is 4.56. The molecule has 0 spiro atoms. The summed E-state index contributed by atoms with van der Waals surface area (Å²) in [7, 11) is 1.78. The van der Waals surface area contributed by atoms with Crippen LogP contribution in [0, 0.1) is 17.8 Å². The van der Waals surface area contributed by atoms with Gasteiger partial charge >= 0.3 is 6.18 Å². The number of amides is 1. The van der Waals surface area contributed by atoms with Gasteiger partial charge in [-0.1, -0.05) is 13.8 Å². The average molecular weight is 399 g/mol. The van der Waals surface area contributed by atoms with Crippen LogP contribution in [-0.2, 0) is 11.0 Å². The van der Waals surface area contributed by atoms with E-state index in [0.29, 0.717) is 24.9 Å². The molecule has 0 bridgehead atoms. The highest BCUT2D eigenvalue weighted by Crippen LogP contribution is 2.39. The predicted octanol–water partition coefficient (Wildman–Crippen LogP) is 2.46. The first-order valence-corrected chi connectivity index (χ1v) is 9.82. The number of likely N-dealkylation sites (N-methyl/N-ethyl adjacent to an activating group) is 1. The molecule has 1 saturated heterocycles. The number of alkyl halides is 3. The zero-order valence-corrected chi connectivity index (χ0v) is 16.5. The first-order valence-electron chi connectivity index (χ1n) is 9.82. The van der Waals surface area contributed by atoms with Gasteiger partial charge in [-0.05, 0) is 44.2 Å². The minimum atomic E-state index is -4.48. The van der Waals surface area contributed by atoms with Crippen molar-refractivity contribution in [2.24, 2.45) is 17.8 Å². The fourth-order valence-electron chi connectivity index (χ4n) is 4.38. The minimum Gasteiger partial charge on any atom is -0.352 e. The normalized spacial score (nSPS) is 25.8. The summed E-state index contributed by atoms with van der Waals surface area (Å²) in [6.07, 6.45) is -0.729. The van der Waals surface area contributed by atoms with Crippen molar-refractivity contribution in [1.29, 1.82) is 0 Å². The number of carbonyl (C=O) groups is 1. The molecule has 28 heavy (non-hydrogen) atoms. The summed E-state index contributed by atoms with van der Waals surface area (Å²) in [5.41, 5.74) is -0.926. The molecule has 1 aromatic rings. The first-order chi connectivity index (χ1) is 13.2. The number of fused-ring (bicyclic) bond motifs is 1. The molecule has 2 N–H and O–H groups in total. The maximum absolute atomic E-state index is 12.9. The summed E-state index contributed by atoms with van der Waals surface area (Å²) in [5.74, 6) is 1.05. The lowest BCUT2D eigenvalue weighted by Gasteiger charge is -2.25. The minimum absolute atomic E-state index is 0.00406. The van der Waals surface area contributed by atoms with E-state index < -0.39 is 11.9 Å². The van der Waals surface area contributed by atoms with Crippen molar-refractivity contribution in [3.05, 3.63) is 18.0 Å². The van der Waals surface area contributed by atoms with Crippen molar-refractivity contribution < 1.29 is 18.0 Å². The van der Waals surface area contributed by atoms with Gasteiger partial charge in [-0.3, -0.25) is 4.79 Å². The van der Waals surface area contributed by atoms with Crippen molar-refractivity contribution in [3.63, 3.8) is 0 Å². The number of hydrogen-bond acceptors (Lipinski definition) is 5. The largest absolute Gasteiger partial charge is 0.433 e. The Morgan fingerprint density at radius 1 is 1.32 bits per heavy atom. The van der Waals surface area contributed by atoms with Gasteiger partial charge in [-0.25, -0.2) is 9.97 Å². The summed E-state index contributed by atoms with van der Waals surface area (Å²) in [4.78, 5) is 22.2. The molecule has 1 aliphatic heterocycles. The van der Waals surface area contributed by atoms with Crippen LogP contribution in [0.4, 0.5) is 19.1 Å². The maximum atomic E-state index is 12.9. The predicted molar refractivity (Wildman–Crippen MR) is 99.7 cm³/mol. The SMILES string of the molecule is CN[C@@H](CC(C)C)C(=O)N[C@H]1CC[C@@H]2CN(c3nccc(C(F)(F)F)n3)C[C@@H]21. The molecule has 1 aromatic heterocycles. The van der Waals surface area contributed by atoms with Gasteiger partial charge in [0.05, 0.1) is 6.04 Å². The van der Waals surface area contributed by atoms with Crippen molar-refractivity contribution in [2.45, 2.75) is 51.4 Å². The van der Waals surface area contributed by atoms with E-state index in [2.05, 4.69) is 34.4 Å². The van der Waals surface area contributed by atoms with Crippen molar-refractivity contribution >= 4 is 11.9 Å². The second-order valence-corrected chi connectivity index (χ2v) is 8.23. The van der Waals surface area contributed by atoms with E-state index in [9.17, 15) is 18.0 Å². The van der Waals surface area contributed by atoms with Gasteiger partial charge in [0.2, 0.25) is 11.9 Å². The molecule has 2 aliphatic rings. The summed E-state index contributed by atoms with van der Waals surface area (Å²) in [5, 5.41) is 6.24. The molecular formula is C19H28F3N5O. The molecule has 0 aromatic carbocycles. The van der Waals surface area contributed by atoms with E-state index in [1.54, 1.807) is 7.05 Å². The standard InChI is InChI=1S/C19H28F3N5O/c1-11(2)8-15(23-3)17(28)25-14-5-4-12-9-27(10-13(12)14)18-24-7-6-16(26-18)19(20,21)22/h6-7,11-15,23H,4-5,8-10H2,1-3H3,(H,25,28)/t12-,13+,14+,15+/m1/s1. The Hall–Kier alpha value is -1.90. The van der Waals surface area contributed by atoms with Crippen molar-refractivity contribution in [1.82, 2.24) is 20.6 Å². The molecule has 0 unspecified atom stereocenters.